The number of rotatable bonds is 2. The van der Waals surface area contributed by atoms with Crippen molar-refractivity contribution in [2.24, 2.45) is 0 Å². The fourth-order valence-corrected chi connectivity index (χ4v) is 3.81. The van der Waals surface area contributed by atoms with Gasteiger partial charge in [0, 0.05) is 44.7 Å². The van der Waals surface area contributed by atoms with Crippen molar-refractivity contribution in [3.05, 3.63) is 66.8 Å². The van der Waals surface area contributed by atoms with Crippen molar-refractivity contribution >= 4 is 75.3 Å². The molecule has 2 N–H and O–H groups in total. The van der Waals surface area contributed by atoms with Gasteiger partial charge >= 0.3 is 0 Å². The van der Waals surface area contributed by atoms with Gasteiger partial charge in [-0.3, -0.25) is 4.98 Å². The summed E-state index contributed by atoms with van der Waals surface area (Å²) in [4.78, 5) is 4.23. The second-order valence-electron chi connectivity index (χ2n) is 5.15. The van der Waals surface area contributed by atoms with Crippen molar-refractivity contribution in [1.29, 1.82) is 0 Å². The zero-order valence-corrected chi connectivity index (χ0v) is 16.8. The Hall–Kier alpha value is -0.870. The molecule has 2 nitrogen and oxygen atoms in total. The molecule has 8 heteroatoms. The minimum Gasteiger partial charge on any atom is -0.398 e. The maximum Gasteiger partial charge on any atom is 0.0673 e. The van der Waals surface area contributed by atoms with Crippen LogP contribution in [0.1, 0.15) is 0 Å². The van der Waals surface area contributed by atoms with E-state index in [9.17, 15) is 0 Å². The number of hydrogen-bond donors (Lipinski definition) is 1. The Kier molecular flexibility index (Phi) is 5.60. The third-order valence-electron chi connectivity index (χ3n) is 3.55. The molecule has 0 atom stereocenters. The number of halogens is 6. The number of hydrogen-bond acceptors (Lipinski definition) is 2. The van der Waals surface area contributed by atoms with Gasteiger partial charge in [-0.1, -0.05) is 69.6 Å². The third kappa shape index (κ3) is 3.66. The molecule has 0 spiro atoms. The average Bonchev–Trinajstić information content (AvgIpc) is 2.55. The van der Waals surface area contributed by atoms with E-state index in [1.165, 1.54) is 0 Å². The second kappa shape index (κ2) is 7.40. The van der Waals surface area contributed by atoms with Crippen molar-refractivity contribution in [2.75, 3.05) is 5.73 Å². The molecule has 0 unspecified atom stereocenters. The lowest BCUT2D eigenvalue weighted by Crippen LogP contribution is -1.97. The highest BCUT2D eigenvalue weighted by atomic mass is 35.5. The standard InChI is InChI=1S/C17H8Cl6N2/c18-7-1-9(15(22)13(20)3-7)11-5-25-6-12(17(11)24)10-2-8(19)4-14(21)16(10)23/h1-6H,(H2,24,25). The van der Waals surface area contributed by atoms with Crippen LogP contribution in [0.2, 0.25) is 30.1 Å². The molecule has 128 valence electrons. The van der Waals surface area contributed by atoms with E-state index in [-0.39, 0.29) is 0 Å². The number of nitrogens with two attached hydrogens (primary N) is 1. The summed E-state index contributed by atoms with van der Waals surface area (Å²) in [5.74, 6) is 0. The molecule has 2 aromatic carbocycles. The molecule has 0 aliphatic rings. The van der Waals surface area contributed by atoms with Gasteiger partial charge in [-0.15, -0.1) is 0 Å². The first kappa shape index (κ1) is 18.9. The lowest BCUT2D eigenvalue weighted by Gasteiger charge is -2.14. The molecule has 0 aliphatic carbocycles. The third-order valence-corrected chi connectivity index (χ3v) is 5.59. The van der Waals surface area contributed by atoms with Crippen LogP contribution in [-0.4, -0.2) is 4.98 Å². The molecule has 3 rings (SSSR count). The Morgan fingerprint density at radius 2 is 1.00 bits per heavy atom. The van der Waals surface area contributed by atoms with Crippen molar-refractivity contribution < 1.29 is 0 Å². The van der Waals surface area contributed by atoms with Gasteiger partial charge in [-0.25, -0.2) is 0 Å². The van der Waals surface area contributed by atoms with Gasteiger partial charge in [0.15, 0.2) is 0 Å². The fourth-order valence-electron chi connectivity index (χ4n) is 2.40. The summed E-state index contributed by atoms with van der Waals surface area (Å²) in [5, 5.41) is 2.14. The minimum atomic E-state index is 0.317. The van der Waals surface area contributed by atoms with Gasteiger partial charge in [0.05, 0.1) is 25.8 Å². The Bertz CT molecular complexity index is 912. The Morgan fingerprint density at radius 3 is 1.40 bits per heavy atom. The van der Waals surface area contributed by atoms with Crippen LogP contribution in [0.3, 0.4) is 0 Å². The maximum absolute atomic E-state index is 6.36. The summed E-state index contributed by atoms with van der Waals surface area (Å²) < 4.78 is 0. The van der Waals surface area contributed by atoms with Gasteiger partial charge < -0.3 is 5.73 Å². The van der Waals surface area contributed by atoms with Gasteiger partial charge in [0.2, 0.25) is 0 Å². The van der Waals surface area contributed by atoms with Crippen LogP contribution in [0, 0.1) is 0 Å². The van der Waals surface area contributed by atoms with Crippen LogP contribution < -0.4 is 5.73 Å². The molecule has 0 bridgehead atoms. The molecular formula is C17H8Cl6N2. The lowest BCUT2D eigenvalue weighted by atomic mass is 9.99. The summed E-state index contributed by atoms with van der Waals surface area (Å²) in [7, 11) is 0. The summed E-state index contributed by atoms with van der Waals surface area (Å²) in [6, 6.07) is 6.44. The highest BCUT2D eigenvalue weighted by Crippen LogP contribution is 2.44. The Labute approximate surface area is 174 Å². The van der Waals surface area contributed by atoms with E-state index in [4.69, 9.17) is 75.3 Å². The zero-order chi connectivity index (χ0) is 18.3. The SMILES string of the molecule is Nc1c(-c2cc(Cl)cc(Cl)c2Cl)cncc1-c1cc(Cl)cc(Cl)c1Cl. The molecule has 3 aromatic rings. The van der Waals surface area contributed by atoms with E-state index in [0.717, 1.165) is 0 Å². The molecule has 0 aliphatic heterocycles. The average molecular weight is 453 g/mol. The number of nitrogens with zero attached hydrogens (tertiary/aromatic N) is 1. The number of pyridine rings is 1. The summed E-state index contributed by atoms with van der Waals surface area (Å²) in [5.41, 5.74) is 9.02. The molecular weight excluding hydrogens is 445 g/mol. The highest BCUT2D eigenvalue weighted by molar-refractivity contribution is 6.46. The molecule has 1 heterocycles. The van der Waals surface area contributed by atoms with Crippen LogP contribution in [0.5, 0.6) is 0 Å². The van der Waals surface area contributed by atoms with E-state index in [0.29, 0.717) is 58.1 Å². The predicted molar refractivity (Wildman–Crippen MR) is 110 cm³/mol. The first-order valence-electron chi connectivity index (χ1n) is 6.83. The second-order valence-corrected chi connectivity index (χ2v) is 7.59. The summed E-state index contributed by atoms with van der Waals surface area (Å²) in [6.45, 7) is 0. The number of nitrogen functional groups attached to an aromatic ring is 1. The lowest BCUT2D eigenvalue weighted by molar-refractivity contribution is 1.33. The van der Waals surface area contributed by atoms with E-state index >= 15 is 0 Å². The van der Waals surface area contributed by atoms with E-state index < -0.39 is 0 Å². The molecule has 25 heavy (non-hydrogen) atoms. The summed E-state index contributed by atoms with van der Waals surface area (Å²) in [6.07, 6.45) is 3.15. The first-order valence-corrected chi connectivity index (χ1v) is 9.09. The molecule has 0 amide bonds. The number of aromatic nitrogens is 1. The van der Waals surface area contributed by atoms with Crippen LogP contribution in [-0.2, 0) is 0 Å². The van der Waals surface area contributed by atoms with E-state index in [2.05, 4.69) is 4.98 Å². The predicted octanol–water partition coefficient (Wildman–Crippen LogP) is 7.92. The van der Waals surface area contributed by atoms with Gasteiger partial charge in [0.25, 0.3) is 0 Å². The topological polar surface area (TPSA) is 38.9 Å². The molecule has 0 saturated heterocycles. The van der Waals surface area contributed by atoms with Crippen LogP contribution in [0.15, 0.2) is 36.7 Å². The smallest absolute Gasteiger partial charge is 0.0673 e. The maximum atomic E-state index is 6.36. The molecule has 0 saturated carbocycles. The van der Waals surface area contributed by atoms with Crippen LogP contribution >= 0.6 is 69.6 Å². The molecule has 0 radical (unpaired) electrons. The molecule has 0 fully saturated rings. The zero-order valence-electron chi connectivity index (χ0n) is 12.3. The van der Waals surface area contributed by atoms with Crippen LogP contribution in [0.4, 0.5) is 5.69 Å². The molecule has 1 aromatic heterocycles. The largest absolute Gasteiger partial charge is 0.398 e. The van der Waals surface area contributed by atoms with Gasteiger partial charge in [-0.05, 0) is 24.3 Å². The fraction of sp³-hybridized carbons (Fsp3) is 0. The normalized spacial score (nSPS) is 11.0. The highest BCUT2D eigenvalue weighted by Gasteiger charge is 2.18. The van der Waals surface area contributed by atoms with Crippen molar-refractivity contribution in [3.8, 4) is 22.3 Å². The quantitative estimate of drug-likeness (QED) is 0.401. The Morgan fingerprint density at radius 1 is 0.600 bits per heavy atom. The number of benzene rings is 2. The van der Waals surface area contributed by atoms with E-state index in [1.54, 1.807) is 36.7 Å². The number of anilines is 1. The van der Waals surface area contributed by atoms with Crippen LogP contribution in [0.25, 0.3) is 22.3 Å². The van der Waals surface area contributed by atoms with Crippen molar-refractivity contribution in [2.45, 2.75) is 0 Å². The first-order chi connectivity index (χ1) is 11.8. The van der Waals surface area contributed by atoms with Gasteiger partial charge in [0.1, 0.15) is 0 Å². The van der Waals surface area contributed by atoms with Crippen molar-refractivity contribution in [3.63, 3.8) is 0 Å². The summed E-state index contributed by atoms with van der Waals surface area (Å²) >= 11 is 37.0. The Balaban J connectivity index is 2.28. The monoisotopic (exact) mass is 450 g/mol. The van der Waals surface area contributed by atoms with Crippen molar-refractivity contribution in [1.82, 2.24) is 4.98 Å². The van der Waals surface area contributed by atoms with Gasteiger partial charge in [-0.2, -0.15) is 0 Å². The minimum absolute atomic E-state index is 0.317. The van der Waals surface area contributed by atoms with E-state index in [1.807, 2.05) is 0 Å².